The molecule has 0 saturated carbocycles. The van der Waals surface area contributed by atoms with Gasteiger partial charge in [-0.3, -0.25) is 4.79 Å². The molecule has 0 aliphatic heterocycles. The highest BCUT2D eigenvalue weighted by Crippen LogP contribution is 2.21. The number of hydrogen-bond acceptors (Lipinski definition) is 2. The van der Waals surface area contributed by atoms with Crippen LogP contribution in [0.4, 0.5) is 8.78 Å². The van der Waals surface area contributed by atoms with E-state index in [0.717, 1.165) is 12.5 Å². The van der Waals surface area contributed by atoms with Gasteiger partial charge in [-0.1, -0.05) is 26.8 Å². The van der Waals surface area contributed by atoms with Crippen molar-refractivity contribution in [1.82, 2.24) is 4.90 Å². The second-order valence-corrected chi connectivity index (χ2v) is 6.71. The number of nitrogens with two attached hydrogens (primary N) is 1. The summed E-state index contributed by atoms with van der Waals surface area (Å²) in [5, 5.41) is 0. The molecule has 0 radical (unpaired) electrons. The first-order chi connectivity index (χ1) is 9.58. The van der Waals surface area contributed by atoms with Gasteiger partial charge in [0, 0.05) is 37.7 Å². The predicted molar refractivity (Wildman–Crippen MR) is 79.5 cm³/mol. The average Bonchev–Trinajstić information content (AvgIpc) is 2.29. The van der Waals surface area contributed by atoms with Gasteiger partial charge < -0.3 is 10.6 Å². The molecule has 1 rings (SSSR count). The summed E-state index contributed by atoms with van der Waals surface area (Å²) in [5.74, 6) is -1.42. The lowest BCUT2D eigenvalue weighted by atomic mass is 9.87. The minimum Gasteiger partial charge on any atom is -0.341 e. The van der Waals surface area contributed by atoms with Gasteiger partial charge in [0.15, 0.2) is 0 Å². The molecule has 0 heterocycles. The molecular weight excluding hydrogens is 274 g/mol. The molecule has 0 bridgehead atoms. The maximum Gasteiger partial charge on any atom is 0.224 e. The zero-order valence-corrected chi connectivity index (χ0v) is 13.1. The van der Waals surface area contributed by atoms with E-state index in [-0.39, 0.29) is 35.9 Å². The molecule has 0 saturated heterocycles. The number of benzene rings is 1. The predicted octanol–water partition coefficient (Wildman–Crippen LogP) is 3.08. The molecule has 1 unspecified atom stereocenters. The van der Waals surface area contributed by atoms with Gasteiger partial charge in [0.05, 0.1) is 0 Å². The summed E-state index contributed by atoms with van der Waals surface area (Å²) >= 11 is 0. The Labute approximate surface area is 125 Å². The molecule has 3 nitrogen and oxygen atoms in total. The average molecular weight is 298 g/mol. The largest absolute Gasteiger partial charge is 0.341 e. The van der Waals surface area contributed by atoms with E-state index in [0.29, 0.717) is 0 Å². The van der Waals surface area contributed by atoms with Gasteiger partial charge in [0.25, 0.3) is 0 Å². The molecule has 1 amide bonds. The van der Waals surface area contributed by atoms with E-state index in [2.05, 4.69) is 20.8 Å². The van der Waals surface area contributed by atoms with Crippen LogP contribution in [0.25, 0.3) is 0 Å². The Bertz CT molecular complexity index is 498. The van der Waals surface area contributed by atoms with Crippen molar-refractivity contribution >= 4 is 5.91 Å². The second kappa shape index (κ2) is 6.98. The van der Waals surface area contributed by atoms with Crippen LogP contribution in [0.3, 0.4) is 0 Å². The maximum atomic E-state index is 13.6. The van der Waals surface area contributed by atoms with E-state index in [9.17, 15) is 13.6 Å². The van der Waals surface area contributed by atoms with Crippen LogP contribution in [0.1, 0.15) is 39.2 Å². The quantitative estimate of drug-likeness (QED) is 0.908. The van der Waals surface area contributed by atoms with Crippen molar-refractivity contribution in [3.8, 4) is 0 Å². The van der Waals surface area contributed by atoms with Gasteiger partial charge in [-0.25, -0.2) is 8.78 Å². The van der Waals surface area contributed by atoms with Gasteiger partial charge >= 0.3 is 0 Å². The van der Waals surface area contributed by atoms with E-state index < -0.39 is 11.6 Å². The van der Waals surface area contributed by atoms with Crippen molar-refractivity contribution in [2.75, 3.05) is 7.05 Å². The third kappa shape index (κ3) is 6.21. The molecule has 118 valence electrons. The molecule has 2 N–H and O–H groups in total. The first-order valence-corrected chi connectivity index (χ1v) is 7.02. The van der Waals surface area contributed by atoms with Gasteiger partial charge in [-0.2, -0.15) is 0 Å². The SMILES string of the molecule is CN(Cc1ccc(F)cc1F)C(=O)CC(N)CC(C)(C)C. The molecule has 1 atom stereocenters. The second-order valence-electron chi connectivity index (χ2n) is 6.71. The highest BCUT2D eigenvalue weighted by atomic mass is 19.1. The monoisotopic (exact) mass is 298 g/mol. The Morgan fingerprint density at radius 1 is 1.33 bits per heavy atom. The van der Waals surface area contributed by atoms with Gasteiger partial charge in [0.1, 0.15) is 11.6 Å². The molecule has 1 aromatic carbocycles. The molecule has 0 aliphatic rings. The fraction of sp³-hybridized carbons (Fsp3) is 0.562. The molecule has 5 heteroatoms. The van der Waals surface area contributed by atoms with Crippen LogP contribution in [0, 0.1) is 17.0 Å². The van der Waals surface area contributed by atoms with Crippen LogP contribution in [-0.2, 0) is 11.3 Å². The van der Waals surface area contributed by atoms with Crippen LogP contribution >= 0.6 is 0 Å². The van der Waals surface area contributed by atoms with Gasteiger partial charge in [-0.15, -0.1) is 0 Å². The third-order valence-electron chi connectivity index (χ3n) is 3.16. The summed E-state index contributed by atoms with van der Waals surface area (Å²) in [5.41, 5.74) is 6.32. The van der Waals surface area contributed by atoms with Crippen LogP contribution < -0.4 is 5.73 Å². The summed E-state index contributed by atoms with van der Waals surface area (Å²) in [4.78, 5) is 13.5. The summed E-state index contributed by atoms with van der Waals surface area (Å²) in [7, 11) is 1.59. The lowest BCUT2D eigenvalue weighted by Crippen LogP contribution is -2.35. The highest BCUT2D eigenvalue weighted by molar-refractivity contribution is 5.76. The molecule has 0 aromatic heterocycles. The van der Waals surface area contributed by atoms with Crippen molar-refractivity contribution < 1.29 is 13.6 Å². The number of carbonyl (C=O) groups is 1. The Kier molecular flexibility index (Phi) is 5.84. The van der Waals surface area contributed by atoms with E-state index >= 15 is 0 Å². The minimum atomic E-state index is -0.645. The number of carbonyl (C=O) groups excluding carboxylic acids is 1. The number of nitrogens with zero attached hydrogens (tertiary/aromatic N) is 1. The van der Waals surface area contributed by atoms with Crippen LogP contribution in [0.5, 0.6) is 0 Å². The topological polar surface area (TPSA) is 46.3 Å². The molecule has 1 aromatic rings. The van der Waals surface area contributed by atoms with E-state index in [4.69, 9.17) is 5.73 Å². The number of hydrogen-bond donors (Lipinski definition) is 1. The maximum absolute atomic E-state index is 13.6. The van der Waals surface area contributed by atoms with Crippen LogP contribution in [-0.4, -0.2) is 23.9 Å². The fourth-order valence-electron chi connectivity index (χ4n) is 2.23. The summed E-state index contributed by atoms with van der Waals surface area (Å²) in [6.07, 6.45) is 0.952. The lowest BCUT2D eigenvalue weighted by molar-refractivity contribution is -0.130. The van der Waals surface area contributed by atoms with Gasteiger partial charge in [0.2, 0.25) is 5.91 Å². The Morgan fingerprint density at radius 2 is 1.95 bits per heavy atom. The van der Waals surface area contributed by atoms with Crippen molar-refractivity contribution in [2.24, 2.45) is 11.1 Å². The molecular formula is C16H24F2N2O. The van der Waals surface area contributed by atoms with Crippen molar-refractivity contribution in [3.63, 3.8) is 0 Å². The fourth-order valence-corrected chi connectivity index (χ4v) is 2.23. The Hall–Kier alpha value is -1.49. The summed E-state index contributed by atoms with van der Waals surface area (Å²) in [6.45, 7) is 6.30. The van der Waals surface area contributed by atoms with Crippen LogP contribution in [0.2, 0.25) is 0 Å². The minimum absolute atomic E-state index is 0.0569. The smallest absolute Gasteiger partial charge is 0.224 e. The first kappa shape index (κ1) is 17.6. The molecule has 21 heavy (non-hydrogen) atoms. The third-order valence-corrected chi connectivity index (χ3v) is 3.16. The first-order valence-electron chi connectivity index (χ1n) is 7.02. The number of halogens is 2. The Balaban J connectivity index is 2.58. The Morgan fingerprint density at radius 3 is 2.48 bits per heavy atom. The summed E-state index contributed by atoms with van der Waals surface area (Å²) < 4.78 is 26.4. The van der Waals surface area contributed by atoms with Crippen LogP contribution in [0.15, 0.2) is 18.2 Å². The lowest BCUT2D eigenvalue weighted by Gasteiger charge is -2.25. The standard InChI is InChI=1S/C16H24F2N2O/c1-16(2,3)9-13(19)8-15(21)20(4)10-11-5-6-12(17)7-14(11)18/h5-7,13H,8-10,19H2,1-4H3. The van der Waals surface area contributed by atoms with Crippen molar-refractivity contribution in [2.45, 2.75) is 46.2 Å². The zero-order valence-electron chi connectivity index (χ0n) is 13.1. The highest BCUT2D eigenvalue weighted by Gasteiger charge is 2.20. The molecule has 0 spiro atoms. The summed E-state index contributed by atoms with van der Waals surface area (Å²) in [6, 6.07) is 3.13. The number of amides is 1. The van der Waals surface area contributed by atoms with E-state index in [1.807, 2.05) is 0 Å². The van der Waals surface area contributed by atoms with Crippen molar-refractivity contribution in [3.05, 3.63) is 35.4 Å². The number of rotatable bonds is 5. The zero-order chi connectivity index (χ0) is 16.2. The molecule has 0 fully saturated rings. The van der Waals surface area contributed by atoms with E-state index in [1.165, 1.54) is 17.0 Å². The van der Waals surface area contributed by atoms with Crippen molar-refractivity contribution in [1.29, 1.82) is 0 Å². The van der Waals surface area contributed by atoms with E-state index in [1.54, 1.807) is 7.05 Å². The molecule has 0 aliphatic carbocycles. The normalized spacial score (nSPS) is 13.1. The van der Waals surface area contributed by atoms with Gasteiger partial charge in [-0.05, 0) is 17.9 Å².